The van der Waals surface area contributed by atoms with Crippen molar-refractivity contribution < 1.29 is 13.2 Å². The molecule has 2 aromatic rings. The summed E-state index contributed by atoms with van der Waals surface area (Å²) in [4.78, 5) is 22.7. The molecule has 0 spiro atoms. The minimum Gasteiger partial charge on any atom is -0.356 e. The van der Waals surface area contributed by atoms with E-state index in [1.807, 2.05) is 18.2 Å². The molecule has 8 heteroatoms. The molecule has 34 heavy (non-hydrogen) atoms. The molecule has 1 aromatic carbocycles. The average molecular weight is 485 g/mol. The highest BCUT2D eigenvalue weighted by molar-refractivity contribution is 7.89. The van der Waals surface area contributed by atoms with Crippen LogP contribution >= 0.6 is 0 Å². The van der Waals surface area contributed by atoms with E-state index in [-0.39, 0.29) is 5.92 Å². The van der Waals surface area contributed by atoms with Crippen LogP contribution in [0.5, 0.6) is 0 Å². The van der Waals surface area contributed by atoms with Crippen molar-refractivity contribution in [2.24, 2.45) is 5.92 Å². The lowest BCUT2D eigenvalue weighted by atomic mass is 9.96. The van der Waals surface area contributed by atoms with Crippen LogP contribution < -0.4 is 4.90 Å². The van der Waals surface area contributed by atoms with Crippen LogP contribution in [0.1, 0.15) is 57.8 Å². The third kappa shape index (κ3) is 4.93. The molecule has 1 atom stereocenters. The van der Waals surface area contributed by atoms with E-state index in [1.165, 1.54) is 12.8 Å². The molecule has 7 nitrogen and oxygen atoms in total. The maximum atomic E-state index is 13.2. The highest BCUT2D eigenvalue weighted by Crippen LogP contribution is 2.28. The SMILES string of the molecule is O=C(C1CCCN(c2ccc3cc(S(=O)(=O)N4CCCCC4)ccc3n2)C1)N1CCCCCC1. The summed E-state index contributed by atoms with van der Waals surface area (Å²) in [5, 5.41) is 0.830. The predicted octanol–water partition coefficient (Wildman–Crippen LogP) is 4.03. The number of amides is 1. The first-order valence-electron chi connectivity index (χ1n) is 13.0. The molecule has 1 amide bonds. The zero-order valence-electron chi connectivity index (χ0n) is 20.0. The van der Waals surface area contributed by atoms with Crippen molar-refractivity contribution in [3.8, 4) is 0 Å². The molecule has 0 bridgehead atoms. The molecule has 5 rings (SSSR count). The minimum atomic E-state index is -3.46. The fourth-order valence-electron chi connectivity index (χ4n) is 5.62. The molecular formula is C26H36N4O3S. The van der Waals surface area contributed by atoms with E-state index in [0.717, 1.165) is 81.3 Å². The summed E-state index contributed by atoms with van der Waals surface area (Å²) < 4.78 is 27.7. The molecule has 3 saturated heterocycles. The van der Waals surface area contributed by atoms with E-state index >= 15 is 0 Å². The van der Waals surface area contributed by atoms with Gasteiger partial charge in [-0.05, 0) is 68.9 Å². The largest absolute Gasteiger partial charge is 0.356 e. The van der Waals surface area contributed by atoms with Gasteiger partial charge in [0.15, 0.2) is 0 Å². The molecule has 0 saturated carbocycles. The number of piperidine rings is 2. The maximum Gasteiger partial charge on any atom is 0.243 e. The summed E-state index contributed by atoms with van der Waals surface area (Å²) in [6, 6.07) is 9.19. The zero-order chi connectivity index (χ0) is 23.5. The van der Waals surface area contributed by atoms with Crippen LogP contribution in [0, 0.1) is 5.92 Å². The van der Waals surface area contributed by atoms with Crippen molar-refractivity contribution in [2.45, 2.75) is 62.7 Å². The van der Waals surface area contributed by atoms with Crippen LogP contribution in [0.25, 0.3) is 10.9 Å². The van der Waals surface area contributed by atoms with E-state index in [0.29, 0.717) is 30.4 Å². The van der Waals surface area contributed by atoms with Crippen molar-refractivity contribution in [1.29, 1.82) is 0 Å². The Balaban J connectivity index is 1.32. The average Bonchev–Trinajstić information content (AvgIpc) is 3.18. The lowest BCUT2D eigenvalue weighted by molar-refractivity contribution is -0.135. The van der Waals surface area contributed by atoms with Crippen LogP contribution in [0.15, 0.2) is 35.2 Å². The molecule has 4 heterocycles. The first kappa shape index (κ1) is 23.5. The molecule has 0 radical (unpaired) electrons. The molecule has 0 aliphatic carbocycles. The molecule has 3 aliphatic rings. The second-order valence-corrected chi connectivity index (χ2v) is 12.0. The van der Waals surface area contributed by atoms with E-state index in [4.69, 9.17) is 4.98 Å². The molecular weight excluding hydrogens is 448 g/mol. The number of anilines is 1. The lowest BCUT2D eigenvalue weighted by Gasteiger charge is -2.35. The van der Waals surface area contributed by atoms with Gasteiger partial charge in [0, 0.05) is 44.7 Å². The van der Waals surface area contributed by atoms with Crippen LogP contribution in [-0.2, 0) is 14.8 Å². The van der Waals surface area contributed by atoms with Crippen molar-refractivity contribution in [1.82, 2.24) is 14.2 Å². The van der Waals surface area contributed by atoms with Crippen LogP contribution in [0.3, 0.4) is 0 Å². The Labute approximate surface area is 203 Å². The Morgan fingerprint density at radius 3 is 2.29 bits per heavy atom. The second-order valence-electron chi connectivity index (χ2n) is 10.0. The summed E-state index contributed by atoms with van der Waals surface area (Å²) in [6.45, 7) is 4.59. The summed E-state index contributed by atoms with van der Waals surface area (Å²) in [7, 11) is -3.46. The number of aromatic nitrogens is 1. The standard InChI is InChI=1S/C26H36N4O3S/c31-26(28-14-4-1-2-5-15-28)22-9-8-16-29(20-22)25-13-10-21-19-23(11-12-24(21)27-25)34(32,33)30-17-6-3-7-18-30/h10-13,19,22H,1-9,14-18,20H2. The summed E-state index contributed by atoms with van der Waals surface area (Å²) >= 11 is 0. The number of carbonyl (C=O) groups excluding carboxylic acids is 1. The van der Waals surface area contributed by atoms with Gasteiger partial charge in [0.1, 0.15) is 5.82 Å². The number of carbonyl (C=O) groups is 1. The number of hydrogen-bond acceptors (Lipinski definition) is 5. The van der Waals surface area contributed by atoms with Crippen LogP contribution in [0.2, 0.25) is 0 Å². The number of sulfonamides is 1. The maximum absolute atomic E-state index is 13.2. The van der Waals surface area contributed by atoms with Gasteiger partial charge in [0.25, 0.3) is 0 Å². The van der Waals surface area contributed by atoms with Crippen molar-refractivity contribution >= 4 is 32.7 Å². The monoisotopic (exact) mass is 484 g/mol. The summed E-state index contributed by atoms with van der Waals surface area (Å²) in [5.41, 5.74) is 0.788. The van der Waals surface area contributed by atoms with Crippen LogP contribution in [-0.4, -0.2) is 67.8 Å². The number of benzene rings is 1. The van der Waals surface area contributed by atoms with E-state index in [1.54, 1.807) is 16.4 Å². The molecule has 184 valence electrons. The third-order valence-corrected chi connectivity index (χ3v) is 9.51. The molecule has 0 N–H and O–H groups in total. The van der Waals surface area contributed by atoms with E-state index < -0.39 is 10.0 Å². The van der Waals surface area contributed by atoms with Gasteiger partial charge >= 0.3 is 0 Å². The smallest absolute Gasteiger partial charge is 0.243 e. The summed E-state index contributed by atoms with van der Waals surface area (Å²) in [6.07, 6.45) is 9.55. The number of likely N-dealkylation sites (tertiary alicyclic amines) is 1. The molecule has 1 aromatic heterocycles. The first-order valence-corrected chi connectivity index (χ1v) is 14.4. The Morgan fingerprint density at radius 2 is 1.53 bits per heavy atom. The summed E-state index contributed by atoms with van der Waals surface area (Å²) in [5.74, 6) is 1.20. The normalized spacial score (nSPS) is 23.1. The van der Waals surface area contributed by atoms with Crippen molar-refractivity contribution in [3.05, 3.63) is 30.3 Å². The Kier molecular flexibility index (Phi) is 7.06. The quantitative estimate of drug-likeness (QED) is 0.655. The Hall–Kier alpha value is -2.19. The second kappa shape index (κ2) is 10.2. The predicted molar refractivity (Wildman–Crippen MR) is 134 cm³/mol. The van der Waals surface area contributed by atoms with E-state index in [9.17, 15) is 13.2 Å². The highest BCUT2D eigenvalue weighted by atomic mass is 32.2. The fourth-order valence-corrected chi connectivity index (χ4v) is 7.17. The zero-order valence-corrected chi connectivity index (χ0v) is 20.8. The number of pyridine rings is 1. The molecule has 3 aliphatic heterocycles. The van der Waals surface area contributed by atoms with Gasteiger partial charge in [0.05, 0.1) is 16.3 Å². The number of rotatable bonds is 4. The van der Waals surface area contributed by atoms with Gasteiger partial charge in [-0.25, -0.2) is 13.4 Å². The van der Waals surface area contributed by atoms with Gasteiger partial charge in [-0.3, -0.25) is 4.79 Å². The molecule has 3 fully saturated rings. The third-order valence-electron chi connectivity index (χ3n) is 7.61. The van der Waals surface area contributed by atoms with Gasteiger partial charge in [-0.15, -0.1) is 0 Å². The first-order chi connectivity index (χ1) is 16.5. The van der Waals surface area contributed by atoms with Gasteiger partial charge < -0.3 is 9.80 Å². The van der Waals surface area contributed by atoms with Crippen molar-refractivity contribution in [3.63, 3.8) is 0 Å². The number of nitrogens with zero attached hydrogens (tertiary/aromatic N) is 4. The van der Waals surface area contributed by atoms with Gasteiger partial charge in [-0.2, -0.15) is 4.31 Å². The van der Waals surface area contributed by atoms with Crippen molar-refractivity contribution in [2.75, 3.05) is 44.2 Å². The van der Waals surface area contributed by atoms with Gasteiger partial charge in [-0.1, -0.05) is 19.3 Å². The molecule has 1 unspecified atom stereocenters. The number of fused-ring (bicyclic) bond motifs is 1. The lowest BCUT2D eigenvalue weighted by Crippen LogP contribution is -2.45. The van der Waals surface area contributed by atoms with Crippen LogP contribution in [0.4, 0.5) is 5.82 Å². The van der Waals surface area contributed by atoms with Gasteiger partial charge in [0.2, 0.25) is 15.9 Å². The topological polar surface area (TPSA) is 73.8 Å². The fraction of sp³-hybridized carbons (Fsp3) is 0.615. The minimum absolute atomic E-state index is 0.0291. The van der Waals surface area contributed by atoms with E-state index in [2.05, 4.69) is 9.80 Å². The Bertz CT molecular complexity index is 1120. The Morgan fingerprint density at radius 1 is 0.824 bits per heavy atom. The number of hydrogen-bond donors (Lipinski definition) is 0. The highest BCUT2D eigenvalue weighted by Gasteiger charge is 2.30.